The summed E-state index contributed by atoms with van der Waals surface area (Å²) in [5.74, 6) is 0. The van der Waals surface area contributed by atoms with E-state index in [1.54, 1.807) is 11.3 Å². The molecule has 1 aliphatic carbocycles. The molecule has 1 aromatic rings. The van der Waals surface area contributed by atoms with E-state index < -0.39 is 0 Å². The maximum atomic E-state index is 9.38. The number of aromatic nitrogens is 1. The first-order valence-electron chi connectivity index (χ1n) is 5.57. The summed E-state index contributed by atoms with van der Waals surface area (Å²) in [6.07, 6.45) is 5.91. The molecule has 0 saturated heterocycles. The van der Waals surface area contributed by atoms with Crippen LogP contribution in [-0.2, 0) is 6.54 Å². The van der Waals surface area contributed by atoms with Gasteiger partial charge in [-0.3, -0.25) is 0 Å². The Balaban J connectivity index is 1.74. The standard InChI is InChI=1S/C11H18N2OS/c1-8-6-13-11(15-8)7-12-9-2-4-10(14)5-3-9/h6,9-10,12,14H,2-5,7H2,1H3. The quantitative estimate of drug-likeness (QED) is 0.826. The van der Waals surface area contributed by atoms with Gasteiger partial charge in [-0.1, -0.05) is 0 Å². The second kappa shape index (κ2) is 5.05. The van der Waals surface area contributed by atoms with Crippen LogP contribution in [0.4, 0.5) is 0 Å². The van der Waals surface area contributed by atoms with Gasteiger partial charge in [0.2, 0.25) is 0 Å². The van der Waals surface area contributed by atoms with Gasteiger partial charge in [-0.05, 0) is 32.6 Å². The number of hydrogen-bond acceptors (Lipinski definition) is 4. The maximum absolute atomic E-state index is 9.38. The van der Waals surface area contributed by atoms with Crippen molar-refractivity contribution < 1.29 is 5.11 Å². The Morgan fingerprint density at radius 1 is 1.47 bits per heavy atom. The van der Waals surface area contributed by atoms with Crippen molar-refractivity contribution in [3.63, 3.8) is 0 Å². The molecule has 0 aliphatic heterocycles. The van der Waals surface area contributed by atoms with Crippen LogP contribution in [0, 0.1) is 6.92 Å². The molecule has 1 fully saturated rings. The first-order chi connectivity index (χ1) is 7.24. The van der Waals surface area contributed by atoms with Crippen LogP contribution < -0.4 is 5.32 Å². The topological polar surface area (TPSA) is 45.2 Å². The van der Waals surface area contributed by atoms with Gasteiger partial charge >= 0.3 is 0 Å². The Kier molecular flexibility index (Phi) is 3.72. The van der Waals surface area contributed by atoms with Gasteiger partial charge in [-0.25, -0.2) is 4.98 Å². The predicted octanol–water partition coefficient (Wildman–Crippen LogP) is 1.84. The highest BCUT2D eigenvalue weighted by Crippen LogP contribution is 2.19. The van der Waals surface area contributed by atoms with Crippen LogP contribution in [0.3, 0.4) is 0 Å². The van der Waals surface area contributed by atoms with Gasteiger partial charge in [0.1, 0.15) is 5.01 Å². The summed E-state index contributed by atoms with van der Waals surface area (Å²) in [5, 5.41) is 14.1. The van der Waals surface area contributed by atoms with Crippen molar-refractivity contribution in [3.05, 3.63) is 16.1 Å². The van der Waals surface area contributed by atoms with Crippen LogP contribution >= 0.6 is 11.3 Å². The molecule has 1 aliphatic rings. The van der Waals surface area contributed by atoms with E-state index in [1.165, 1.54) is 9.88 Å². The minimum absolute atomic E-state index is 0.0647. The van der Waals surface area contributed by atoms with Crippen molar-refractivity contribution in [1.29, 1.82) is 0 Å². The van der Waals surface area contributed by atoms with Gasteiger partial charge in [-0.2, -0.15) is 0 Å². The average Bonchev–Trinajstić information content (AvgIpc) is 2.64. The number of nitrogens with zero attached hydrogens (tertiary/aromatic N) is 1. The van der Waals surface area contributed by atoms with E-state index in [1.807, 2.05) is 6.20 Å². The molecule has 1 aromatic heterocycles. The Bertz CT molecular complexity index is 305. The van der Waals surface area contributed by atoms with Gasteiger partial charge in [-0.15, -0.1) is 11.3 Å². The Morgan fingerprint density at radius 2 is 2.20 bits per heavy atom. The molecule has 0 radical (unpaired) electrons. The number of rotatable bonds is 3. The first-order valence-corrected chi connectivity index (χ1v) is 6.38. The summed E-state index contributed by atoms with van der Waals surface area (Å²) in [6.45, 7) is 2.96. The van der Waals surface area contributed by atoms with Crippen LogP contribution in [0.15, 0.2) is 6.20 Å². The second-order valence-corrected chi connectivity index (χ2v) is 5.57. The molecule has 2 rings (SSSR count). The van der Waals surface area contributed by atoms with E-state index in [2.05, 4.69) is 17.2 Å². The normalized spacial score (nSPS) is 26.8. The van der Waals surface area contributed by atoms with E-state index in [4.69, 9.17) is 0 Å². The highest BCUT2D eigenvalue weighted by Gasteiger charge is 2.18. The van der Waals surface area contributed by atoms with Crippen molar-refractivity contribution in [2.24, 2.45) is 0 Å². The van der Waals surface area contributed by atoms with E-state index in [-0.39, 0.29) is 6.10 Å². The number of aliphatic hydroxyl groups excluding tert-OH is 1. The summed E-state index contributed by atoms with van der Waals surface area (Å²) in [4.78, 5) is 5.59. The average molecular weight is 226 g/mol. The van der Waals surface area contributed by atoms with E-state index >= 15 is 0 Å². The summed E-state index contributed by atoms with van der Waals surface area (Å²) < 4.78 is 0. The maximum Gasteiger partial charge on any atom is 0.107 e. The molecular formula is C11H18N2OS. The van der Waals surface area contributed by atoms with Crippen LogP contribution in [-0.4, -0.2) is 22.2 Å². The zero-order valence-corrected chi connectivity index (χ0v) is 9.89. The number of aryl methyl sites for hydroxylation is 1. The fourth-order valence-corrected chi connectivity index (χ4v) is 2.73. The lowest BCUT2D eigenvalue weighted by molar-refractivity contribution is 0.116. The highest BCUT2D eigenvalue weighted by atomic mass is 32.1. The third-order valence-corrected chi connectivity index (χ3v) is 3.82. The third-order valence-electron chi connectivity index (χ3n) is 2.91. The first kappa shape index (κ1) is 11.0. The molecular weight excluding hydrogens is 208 g/mol. The zero-order valence-electron chi connectivity index (χ0n) is 9.07. The van der Waals surface area contributed by atoms with E-state index in [0.717, 1.165) is 32.2 Å². The van der Waals surface area contributed by atoms with Gasteiger partial charge in [0.05, 0.1) is 6.10 Å². The molecule has 0 amide bonds. The van der Waals surface area contributed by atoms with Gasteiger partial charge in [0, 0.05) is 23.7 Å². The molecule has 1 heterocycles. The molecule has 84 valence electrons. The van der Waals surface area contributed by atoms with Crippen molar-refractivity contribution >= 4 is 11.3 Å². The lowest BCUT2D eigenvalue weighted by Crippen LogP contribution is -2.34. The lowest BCUT2D eigenvalue weighted by atomic mass is 9.93. The summed E-state index contributed by atoms with van der Waals surface area (Å²) in [5.41, 5.74) is 0. The second-order valence-electron chi connectivity index (χ2n) is 4.25. The predicted molar refractivity (Wildman–Crippen MR) is 62.0 cm³/mol. The molecule has 0 unspecified atom stereocenters. The Hall–Kier alpha value is -0.450. The fourth-order valence-electron chi connectivity index (χ4n) is 1.99. The molecule has 15 heavy (non-hydrogen) atoms. The molecule has 0 spiro atoms. The van der Waals surface area contributed by atoms with Crippen LogP contribution in [0.25, 0.3) is 0 Å². The van der Waals surface area contributed by atoms with E-state index in [9.17, 15) is 5.11 Å². The summed E-state index contributed by atoms with van der Waals surface area (Å²) in [6, 6.07) is 0.567. The third kappa shape index (κ3) is 3.26. The smallest absolute Gasteiger partial charge is 0.107 e. The summed E-state index contributed by atoms with van der Waals surface area (Å²) >= 11 is 1.75. The molecule has 0 bridgehead atoms. The molecule has 0 atom stereocenters. The van der Waals surface area contributed by atoms with Crippen molar-refractivity contribution in [1.82, 2.24) is 10.3 Å². The summed E-state index contributed by atoms with van der Waals surface area (Å²) in [7, 11) is 0. The molecule has 4 heteroatoms. The van der Waals surface area contributed by atoms with E-state index in [0.29, 0.717) is 6.04 Å². The number of aliphatic hydroxyl groups is 1. The Morgan fingerprint density at radius 3 is 2.80 bits per heavy atom. The molecule has 1 saturated carbocycles. The van der Waals surface area contributed by atoms with Crippen molar-refractivity contribution in [2.75, 3.05) is 0 Å². The number of thiazole rings is 1. The zero-order chi connectivity index (χ0) is 10.7. The lowest BCUT2D eigenvalue weighted by Gasteiger charge is -2.25. The van der Waals surface area contributed by atoms with Crippen LogP contribution in [0.1, 0.15) is 35.6 Å². The minimum Gasteiger partial charge on any atom is -0.393 e. The Labute approximate surface area is 94.5 Å². The molecule has 2 N–H and O–H groups in total. The monoisotopic (exact) mass is 226 g/mol. The van der Waals surface area contributed by atoms with Crippen molar-refractivity contribution in [2.45, 2.75) is 51.3 Å². The van der Waals surface area contributed by atoms with Gasteiger partial charge in [0.15, 0.2) is 0 Å². The SMILES string of the molecule is Cc1cnc(CNC2CCC(O)CC2)s1. The van der Waals surface area contributed by atoms with Crippen LogP contribution in [0.5, 0.6) is 0 Å². The van der Waals surface area contributed by atoms with Gasteiger partial charge in [0.25, 0.3) is 0 Å². The highest BCUT2D eigenvalue weighted by molar-refractivity contribution is 7.11. The largest absolute Gasteiger partial charge is 0.393 e. The van der Waals surface area contributed by atoms with Crippen LogP contribution in [0.2, 0.25) is 0 Å². The number of nitrogens with one attached hydrogen (secondary N) is 1. The minimum atomic E-state index is -0.0647. The van der Waals surface area contributed by atoms with Gasteiger partial charge < -0.3 is 10.4 Å². The fraction of sp³-hybridized carbons (Fsp3) is 0.727. The molecule has 0 aromatic carbocycles. The molecule has 3 nitrogen and oxygen atoms in total. The van der Waals surface area contributed by atoms with Crippen molar-refractivity contribution in [3.8, 4) is 0 Å². The number of hydrogen-bond donors (Lipinski definition) is 2.